The van der Waals surface area contributed by atoms with E-state index in [1.54, 1.807) is 0 Å². The Morgan fingerprint density at radius 3 is 2.30 bits per heavy atom. The van der Waals surface area contributed by atoms with Gasteiger partial charge in [0.15, 0.2) is 0 Å². The molecule has 4 heteroatoms. The third-order valence-electron chi connectivity index (χ3n) is 4.46. The lowest BCUT2D eigenvalue weighted by atomic mass is 10.1. The minimum atomic E-state index is -0.435. The first-order valence-electron chi connectivity index (χ1n) is 8.47. The molecule has 2 aliphatic heterocycles. The van der Waals surface area contributed by atoms with Gasteiger partial charge in [0.2, 0.25) is 0 Å². The number of aliphatic hydroxyl groups is 1. The van der Waals surface area contributed by atoms with E-state index in [4.69, 9.17) is 9.47 Å². The predicted molar refractivity (Wildman–Crippen MR) is 79.9 cm³/mol. The van der Waals surface area contributed by atoms with E-state index in [1.807, 2.05) is 0 Å². The summed E-state index contributed by atoms with van der Waals surface area (Å²) in [5.74, 6) is 0. The van der Waals surface area contributed by atoms with Gasteiger partial charge >= 0.3 is 0 Å². The third-order valence-corrected chi connectivity index (χ3v) is 4.46. The molecule has 0 aromatic rings. The number of hydrogen-bond donors (Lipinski definition) is 2. The van der Waals surface area contributed by atoms with E-state index in [2.05, 4.69) is 12.2 Å². The highest BCUT2D eigenvalue weighted by atomic mass is 16.6. The zero-order valence-corrected chi connectivity index (χ0v) is 12.9. The van der Waals surface area contributed by atoms with Crippen LogP contribution in [-0.4, -0.2) is 49.2 Å². The Bertz CT molecular complexity index is 262. The van der Waals surface area contributed by atoms with Crippen molar-refractivity contribution in [1.82, 2.24) is 5.32 Å². The van der Waals surface area contributed by atoms with Crippen LogP contribution in [0.1, 0.15) is 58.3 Å². The molecule has 0 aromatic heterocycles. The minimum absolute atomic E-state index is 0.0547. The standard InChI is InChI=1S/C16H31NO3/c1-2-3-4-5-6-7-8-9-10-17-13-11-19-16-14(18)12-20-15(13)16/h13-18H,2-12H2,1H3/t13-,14+,15+,16+/m0/s1. The van der Waals surface area contributed by atoms with Gasteiger partial charge in [-0.3, -0.25) is 0 Å². The number of ether oxygens (including phenoxy) is 2. The molecule has 0 saturated carbocycles. The number of rotatable bonds is 10. The Kier molecular flexibility index (Phi) is 7.28. The van der Waals surface area contributed by atoms with Crippen molar-refractivity contribution in [2.45, 2.75) is 82.6 Å². The highest BCUT2D eigenvalue weighted by molar-refractivity contribution is 4.97. The van der Waals surface area contributed by atoms with Crippen molar-refractivity contribution >= 4 is 0 Å². The fourth-order valence-electron chi connectivity index (χ4n) is 3.20. The molecule has 2 saturated heterocycles. The first-order chi connectivity index (χ1) is 9.83. The number of fused-ring (bicyclic) bond motifs is 1. The van der Waals surface area contributed by atoms with Gasteiger partial charge in [-0.2, -0.15) is 0 Å². The van der Waals surface area contributed by atoms with Crippen LogP contribution in [0.25, 0.3) is 0 Å². The minimum Gasteiger partial charge on any atom is -0.388 e. The number of nitrogens with one attached hydrogen (secondary N) is 1. The Labute approximate surface area is 123 Å². The molecule has 0 radical (unpaired) electrons. The molecule has 4 atom stereocenters. The molecule has 2 heterocycles. The summed E-state index contributed by atoms with van der Waals surface area (Å²) in [5, 5.41) is 13.2. The highest BCUT2D eigenvalue weighted by Crippen LogP contribution is 2.26. The summed E-state index contributed by atoms with van der Waals surface area (Å²) in [5.41, 5.74) is 0. The molecule has 0 spiro atoms. The van der Waals surface area contributed by atoms with E-state index in [-0.39, 0.29) is 18.2 Å². The zero-order valence-electron chi connectivity index (χ0n) is 12.9. The topological polar surface area (TPSA) is 50.7 Å². The average molecular weight is 285 g/mol. The van der Waals surface area contributed by atoms with E-state index in [9.17, 15) is 5.11 Å². The fraction of sp³-hybridized carbons (Fsp3) is 1.00. The Hall–Kier alpha value is -0.160. The summed E-state index contributed by atoms with van der Waals surface area (Å²) in [6.07, 6.45) is 10.3. The molecule has 0 aromatic carbocycles. The lowest BCUT2D eigenvalue weighted by molar-refractivity contribution is 0.0178. The van der Waals surface area contributed by atoms with Crippen molar-refractivity contribution in [3.8, 4) is 0 Å². The maximum Gasteiger partial charge on any atom is 0.113 e. The molecular formula is C16H31NO3. The van der Waals surface area contributed by atoms with Gasteiger partial charge in [0.05, 0.1) is 19.3 Å². The van der Waals surface area contributed by atoms with Gasteiger partial charge in [-0.25, -0.2) is 0 Å². The summed E-state index contributed by atoms with van der Waals surface area (Å²) >= 11 is 0. The van der Waals surface area contributed by atoms with Crippen molar-refractivity contribution in [2.75, 3.05) is 19.8 Å². The quantitative estimate of drug-likeness (QED) is 0.604. The molecule has 2 rings (SSSR count). The number of aliphatic hydroxyl groups excluding tert-OH is 1. The summed E-state index contributed by atoms with van der Waals surface area (Å²) < 4.78 is 11.2. The van der Waals surface area contributed by atoms with Gasteiger partial charge in [-0.05, 0) is 13.0 Å². The third kappa shape index (κ3) is 4.69. The van der Waals surface area contributed by atoms with Crippen LogP contribution in [0.2, 0.25) is 0 Å². The summed E-state index contributed by atoms with van der Waals surface area (Å²) in [6, 6.07) is 0.265. The van der Waals surface area contributed by atoms with E-state index in [0.29, 0.717) is 13.2 Å². The Balaban J connectivity index is 1.44. The SMILES string of the molecule is CCCCCCCCCCN[C@H]1CO[C@H]2[C@@H]1OC[C@H]2O. The Morgan fingerprint density at radius 2 is 1.55 bits per heavy atom. The van der Waals surface area contributed by atoms with Crippen LogP contribution < -0.4 is 5.32 Å². The zero-order chi connectivity index (χ0) is 14.2. The summed E-state index contributed by atoms with van der Waals surface area (Å²) in [6.45, 7) is 4.39. The molecule has 0 bridgehead atoms. The fourth-order valence-corrected chi connectivity index (χ4v) is 3.20. The normalized spacial score (nSPS) is 32.7. The predicted octanol–water partition coefficient (Wildman–Crippen LogP) is 2.24. The summed E-state index contributed by atoms with van der Waals surface area (Å²) in [7, 11) is 0. The van der Waals surface area contributed by atoms with Gasteiger partial charge in [-0.1, -0.05) is 51.9 Å². The first-order valence-corrected chi connectivity index (χ1v) is 8.47. The largest absolute Gasteiger partial charge is 0.388 e. The average Bonchev–Trinajstić information content (AvgIpc) is 3.01. The molecule has 4 nitrogen and oxygen atoms in total. The van der Waals surface area contributed by atoms with Gasteiger partial charge in [-0.15, -0.1) is 0 Å². The smallest absolute Gasteiger partial charge is 0.113 e. The van der Waals surface area contributed by atoms with Gasteiger partial charge in [0, 0.05) is 0 Å². The summed E-state index contributed by atoms with van der Waals surface area (Å²) in [4.78, 5) is 0. The van der Waals surface area contributed by atoms with Crippen molar-refractivity contribution in [3.63, 3.8) is 0 Å². The lowest BCUT2D eigenvalue weighted by Gasteiger charge is -2.17. The molecule has 2 N–H and O–H groups in total. The van der Waals surface area contributed by atoms with E-state index in [1.165, 1.54) is 51.4 Å². The number of unbranched alkanes of at least 4 members (excludes halogenated alkanes) is 7. The maximum absolute atomic E-state index is 9.67. The van der Waals surface area contributed by atoms with Crippen molar-refractivity contribution in [1.29, 1.82) is 0 Å². The van der Waals surface area contributed by atoms with Crippen LogP contribution in [0.5, 0.6) is 0 Å². The van der Waals surface area contributed by atoms with E-state index in [0.717, 1.165) is 6.54 Å². The van der Waals surface area contributed by atoms with Crippen LogP contribution in [-0.2, 0) is 9.47 Å². The van der Waals surface area contributed by atoms with Gasteiger partial charge < -0.3 is 19.9 Å². The molecular weight excluding hydrogens is 254 g/mol. The molecule has 2 aliphatic rings. The monoisotopic (exact) mass is 285 g/mol. The second-order valence-electron chi connectivity index (χ2n) is 6.20. The first kappa shape index (κ1) is 16.2. The van der Waals surface area contributed by atoms with E-state index >= 15 is 0 Å². The second-order valence-corrected chi connectivity index (χ2v) is 6.20. The maximum atomic E-state index is 9.67. The molecule has 0 aliphatic carbocycles. The lowest BCUT2D eigenvalue weighted by Crippen LogP contribution is -2.41. The molecule has 0 amide bonds. The second kappa shape index (κ2) is 8.98. The highest BCUT2D eigenvalue weighted by Gasteiger charge is 2.46. The van der Waals surface area contributed by atoms with Crippen molar-refractivity contribution < 1.29 is 14.6 Å². The van der Waals surface area contributed by atoms with Crippen LogP contribution in [0, 0.1) is 0 Å². The van der Waals surface area contributed by atoms with E-state index < -0.39 is 6.10 Å². The van der Waals surface area contributed by atoms with Crippen molar-refractivity contribution in [2.24, 2.45) is 0 Å². The van der Waals surface area contributed by atoms with Crippen LogP contribution in [0.4, 0.5) is 0 Å². The van der Waals surface area contributed by atoms with Crippen LogP contribution in [0.15, 0.2) is 0 Å². The molecule has 20 heavy (non-hydrogen) atoms. The molecule has 0 unspecified atom stereocenters. The van der Waals surface area contributed by atoms with Gasteiger partial charge in [0.25, 0.3) is 0 Å². The number of hydrogen-bond acceptors (Lipinski definition) is 4. The van der Waals surface area contributed by atoms with Gasteiger partial charge in [0.1, 0.15) is 18.3 Å². The molecule has 2 fully saturated rings. The van der Waals surface area contributed by atoms with Crippen LogP contribution >= 0.6 is 0 Å². The molecule has 118 valence electrons. The van der Waals surface area contributed by atoms with Crippen LogP contribution in [0.3, 0.4) is 0 Å². The van der Waals surface area contributed by atoms with Crippen molar-refractivity contribution in [3.05, 3.63) is 0 Å². The Morgan fingerprint density at radius 1 is 0.900 bits per heavy atom.